The van der Waals surface area contributed by atoms with Crippen molar-refractivity contribution in [3.8, 4) is 0 Å². The molecule has 0 fully saturated rings. The van der Waals surface area contributed by atoms with Gasteiger partial charge in [-0.15, -0.1) is 0 Å². The van der Waals surface area contributed by atoms with Crippen molar-refractivity contribution < 1.29 is 9.18 Å². The van der Waals surface area contributed by atoms with E-state index >= 15 is 0 Å². The molecule has 114 valence electrons. The van der Waals surface area contributed by atoms with Gasteiger partial charge in [-0.1, -0.05) is 36.4 Å². The largest absolute Gasteiger partial charge is 0.354 e. The molecule has 1 atom stereocenters. The van der Waals surface area contributed by atoms with Gasteiger partial charge in [0.05, 0.1) is 6.04 Å². The summed E-state index contributed by atoms with van der Waals surface area (Å²) in [6.45, 7) is 1.29. The lowest BCUT2D eigenvalue weighted by atomic mass is 9.95. The molecular formula is C18H19FN2O. The van der Waals surface area contributed by atoms with Crippen molar-refractivity contribution in [1.82, 2.24) is 10.6 Å². The van der Waals surface area contributed by atoms with E-state index in [-0.39, 0.29) is 17.8 Å². The first kappa shape index (κ1) is 14.7. The van der Waals surface area contributed by atoms with Gasteiger partial charge >= 0.3 is 0 Å². The van der Waals surface area contributed by atoms with Gasteiger partial charge in [-0.25, -0.2) is 4.39 Å². The fourth-order valence-corrected chi connectivity index (χ4v) is 2.74. The molecule has 1 aliphatic rings. The van der Waals surface area contributed by atoms with Crippen molar-refractivity contribution in [2.45, 2.75) is 25.4 Å². The molecule has 0 unspecified atom stereocenters. The van der Waals surface area contributed by atoms with E-state index in [4.69, 9.17) is 0 Å². The Labute approximate surface area is 129 Å². The number of amides is 1. The summed E-state index contributed by atoms with van der Waals surface area (Å²) in [5, 5.41) is 6.22. The van der Waals surface area contributed by atoms with Crippen LogP contribution in [0.1, 0.15) is 16.7 Å². The van der Waals surface area contributed by atoms with Crippen LogP contribution in [0.3, 0.4) is 0 Å². The maximum absolute atomic E-state index is 12.8. The van der Waals surface area contributed by atoms with Crippen LogP contribution in [0.15, 0.2) is 48.5 Å². The van der Waals surface area contributed by atoms with Crippen LogP contribution in [-0.2, 0) is 24.2 Å². The molecule has 0 saturated carbocycles. The number of rotatable bonds is 4. The zero-order valence-corrected chi connectivity index (χ0v) is 12.3. The predicted octanol–water partition coefficient (Wildman–Crippen LogP) is 2.20. The van der Waals surface area contributed by atoms with Crippen molar-refractivity contribution >= 4 is 5.91 Å². The van der Waals surface area contributed by atoms with E-state index in [1.54, 1.807) is 12.1 Å². The second-order valence-electron chi connectivity index (χ2n) is 5.57. The van der Waals surface area contributed by atoms with Crippen molar-refractivity contribution in [2.75, 3.05) is 6.54 Å². The maximum atomic E-state index is 12.8. The predicted molar refractivity (Wildman–Crippen MR) is 83.9 cm³/mol. The molecule has 0 bridgehead atoms. The minimum Gasteiger partial charge on any atom is -0.354 e. The molecule has 0 spiro atoms. The smallest absolute Gasteiger partial charge is 0.237 e. The summed E-state index contributed by atoms with van der Waals surface area (Å²) >= 11 is 0. The third kappa shape index (κ3) is 3.52. The number of carbonyl (C=O) groups excluding carboxylic acids is 1. The lowest BCUT2D eigenvalue weighted by Gasteiger charge is -2.25. The number of hydrogen-bond donors (Lipinski definition) is 2. The van der Waals surface area contributed by atoms with Gasteiger partial charge in [0, 0.05) is 13.1 Å². The highest BCUT2D eigenvalue weighted by Crippen LogP contribution is 2.16. The number of carbonyl (C=O) groups is 1. The summed E-state index contributed by atoms with van der Waals surface area (Å²) in [7, 11) is 0. The minimum atomic E-state index is -0.238. The van der Waals surface area contributed by atoms with E-state index in [1.165, 1.54) is 23.3 Å². The van der Waals surface area contributed by atoms with Crippen LogP contribution < -0.4 is 10.6 Å². The zero-order chi connectivity index (χ0) is 15.4. The minimum absolute atomic E-state index is 0.0246. The van der Waals surface area contributed by atoms with Crippen LogP contribution in [0.4, 0.5) is 4.39 Å². The van der Waals surface area contributed by atoms with E-state index in [9.17, 15) is 9.18 Å². The molecule has 2 N–H and O–H groups in total. The topological polar surface area (TPSA) is 41.1 Å². The standard InChI is InChI=1S/C18H19FN2O/c19-16-7-5-13(6-8-16)9-10-20-18(22)17-11-14-3-1-2-4-15(14)12-21-17/h1-8,17,21H,9-12H2,(H,20,22)/t17-/m1/s1. The zero-order valence-electron chi connectivity index (χ0n) is 12.3. The lowest BCUT2D eigenvalue weighted by molar-refractivity contribution is -0.123. The number of nitrogens with one attached hydrogen (secondary N) is 2. The Balaban J connectivity index is 1.50. The third-order valence-corrected chi connectivity index (χ3v) is 4.02. The molecule has 1 aliphatic heterocycles. The summed E-state index contributed by atoms with van der Waals surface area (Å²) in [4.78, 5) is 12.2. The van der Waals surface area contributed by atoms with Gasteiger partial charge < -0.3 is 10.6 Å². The van der Waals surface area contributed by atoms with Crippen molar-refractivity contribution in [1.29, 1.82) is 0 Å². The second kappa shape index (κ2) is 6.71. The SMILES string of the molecule is O=C(NCCc1ccc(F)cc1)[C@H]1Cc2ccccc2CN1. The molecular weight excluding hydrogens is 279 g/mol. The van der Waals surface area contributed by atoms with E-state index < -0.39 is 0 Å². The summed E-state index contributed by atoms with van der Waals surface area (Å²) in [5.74, 6) is -0.213. The summed E-state index contributed by atoms with van der Waals surface area (Å²) in [6.07, 6.45) is 1.42. The highest BCUT2D eigenvalue weighted by Gasteiger charge is 2.23. The van der Waals surface area contributed by atoms with Crippen LogP contribution in [0.25, 0.3) is 0 Å². The van der Waals surface area contributed by atoms with Gasteiger partial charge in [0.1, 0.15) is 5.82 Å². The Hall–Kier alpha value is -2.20. The van der Waals surface area contributed by atoms with Crippen LogP contribution in [0, 0.1) is 5.82 Å². The quantitative estimate of drug-likeness (QED) is 0.908. The first-order valence-electron chi connectivity index (χ1n) is 7.55. The fraction of sp³-hybridized carbons (Fsp3) is 0.278. The molecule has 0 aliphatic carbocycles. The monoisotopic (exact) mass is 298 g/mol. The molecule has 22 heavy (non-hydrogen) atoms. The molecule has 1 heterocycles. The van der Waals surface area contributed by atoms with Crippen LogP contribution in [0.2, 0.25) is 0 Å². The van der Waals surface area contributed by atoms with Crippen molar-refractivity contribution in [2.24, 2.45) is 0 Å². The van der Waals surface area contributed by atoms with Gasteiger partial charge in [0.25, 0.3) is 0 Å². The van der Waals surface area contributed by atoms with E-state index in [0.717, 1.165) is 18.5 Å². The molecule has 0 radical (unpaired) electrons. The van der Waals surface area contributed by atoms with E-state index in [2.05, 4.69) is 22.8 Å². The average molecular weight is 298 g/mol. The molecule has 3 rings (SSSR count). The average Bonchev–Trinajstić information content (AvgIpc) is 2.56. The van der Waals surface area contributed by atoms with Gasteiger partial charge in [-0.05, 0) is 41.7 Å². The Kier molecular flexibility index (Phi) is 4.49. The third-order valence-electron chi connectivity index (χ3n) is 4.02. The summed E-state index contributed by atoms with van der Waals surface area (Å²) in [5.41, 5.74) is 3.52. The second-order valence-corrected chi connectivity index (χ2v) is 5.57. The van der Waals surface area contributed by atoms with Crippen LogP contribution in [0.5, 0.6) is 0 Å². The lowest BCUT2D eigenvalue weighted by Crippen LogP contribution is -2.48. The number of benzene rings is 2. The van der Waals surface area contributed by atoms with Crippen LogP contribution in [-0.4, -0.2) is 18.5 Å². The molecule has 2 aromatic rings. The van der Waals surface area contributed by atoms with Crippen LogP contribution >= 0.6 is 0 Å². The van der Waals surface area contributed by atoms with E-state index in [1.807, 2.05) is 12.1 Å². The maximum Gasteiger partial charge on any atom is 0.237 e. The highest BCUT2D eigenvalue weighted by atomic mass is 19.1. The van der Waals surface area contributed by atoms with E-state index in [0.29, 0.717) is 13.0 Å². The molecule has 0 saturated heterocycles. The van der Waals surface area contributed by atoms with Gasteiger partial charge in [-0.2, -0.15) is 0 Å². The molecule has 2 aromatic carbocycles. The van der Waals surface area contributed by atoms with Gasteiger partial charge in [0.15, 0.2) is 0 Å². The molecule has 4 heteroatoms. The Morgan fingerprint density at radius 2 is 1.86 bits per heavy atom. The first-order valence-corrected chi connectivity index (χ1v) is 7.55. The number of hydrogen-bond acceptors (Lipinski definition) is 2. The summed E-state index contributed by atoms with van der Waals surface area (Å²) < 4.78 is 12.8. The number of fused-ring (bicyclic) bond motifs is 1. The molecule has 3 nitrogen and oxygen atoms in total. The first-order chi connectivity index (χ1) is 10.7. The normalized spacial score (nSPS) is 16.9. The Bertz CT molecular complexity index is 654. The van der Waals surface area contributed by atoms with Gasteiger partial charge in [0.2, 0.25) is 5.91 Å². The summed E-state index contributed by atoms with van der Waals surface area (Å²) in [6, 6.07) is 14.4. The highest BCUT2D eigenvalue weighted by molar-refractivity contribution is 5.82. The van der Waals surface area contributed by atoms with Gasteiger partial charge in [-0.3, -0.25) is 4.79 Å². The van der Waals surface area contributed by atoms with Crippen molar-refractivity contribution in [3.05, 3.63) is 71.0 Å². The van der Waals surface area contributed by atoms with Crippen molar-refractivity contribution in [3.63, 3.8) is 0 Å². The fourth-order valence-electron chi connectivity index (χ4n) is 2.74. The number of halogens is 1. The Morgan fingerprint density at radius 1 is 1.14 bits per heavy atom. The Morgan fingerprint density at radius 3 is 2.64 bits per heavy atom. The molecule has 1 amide bonds. The molecule has 0 aromatic heterocycles.